The van der Waals surface area contributed by atoms with E-state index in [1.54, 1.807) is 6.07 Å². The van der Waals surface area contributed by atoms with E-state index in [9.17, 15) is 18.0 Å². The van der Waals surface area contributed by atoms with Gasteiger partial charge in [0.15, 0.2) is 0 Å². The molecule has 7 heteroatoms. The minimum atomic E-state index is -4.43. The van der Waals surface area contributed by atoms with Crippen LogP contribution in [0.5, 0.6) is 0 Å². The van der Waals surface area contributed by atoms with Crippen LogP contribution >= 0.6 is 0 Å². The van der Waals surface area contributed by atoms with E-state index < -0.39 is 17.7 Å². The first-order valence-electron chi connectivity index (χ1n) is 5.83. The molecule has 0 fully saturated rings. The molecule has 0 radical (unpaired) electrons. The number of nitriles is 1. The number of alkyl halides is 3. The van der Waals surface area contributed by atoms with E-state index >= 15 is 0 Å². The van der Waals surface area contributed by atoms with Gasteiger partial charge in [-0.3, -0.25) is 0 Å². The van der Waals surface area contributed by atoms with Crippen molar-refractivity contribution in [1.82, 2.24) is 0 Å². The Labute approximate surface area is 119 Å². The molecular formula is C14H12F3NO3. The Kier molecular flexibility index (Phi) is 5.93. The van der Waals surface area contributed by atoms with Gasteiger partial charge in [0, 0.05) is 7.11 Å². The number of nitrogens with zero attached hydrogens (tertiary/aromatic N) is 1. The Morgan fingerprint density at radius 2 is 1.90 bits per heavy atom. The molecule has 0 atom stereocenters. The smallest absolute Gasteiger partial charge is 0.416 e. The van der Waals surface area contributed by atoms with Crippen molar-refractivity contribution < 1.29 is 27.4 Å². The van der Waals surface area contributed by atoms with Gasteiger partial charge in [-0.15, -0.1) is 0 Å². The first-order valence-corrected chi connectivity index (χ1v) is 5.83. The molecule has 0 spiro atoms. The normalized spacial score (nSPS) is 11.9. The summed E-state index contributed by atoms with van der Waals surface area (Å²) in [6.45, 7) is 0.173. The van der Waals surface area contributed by atoms with Gasteiger partial charge in [-0.05, 0) is 23.8 Å². The highest BCUT2D eigenvalue weighted by molar-refractivity contribution is 5.97. The molecule has 1 rings (SSSR count). The monoisotopic (exact) mass is 299 g/mol. The zero-order chi connectivity index (χ0) is 15.9. The molecule has 0 amide bonds. The van der Waals surface area contributed by atoms with E-state index in [1.807, 2.05) is 0 Å². The first-order chi connectivity index (χ1) is 9.88. The standard InChI is InChI=1S/C14H12F3NO3/c1-20-6-7-21-13(19)11(9-18)8-10-2-4-12(5-3-10)14(15,16)17/h2-5,8H,6-7H2,1H3. The van der Waals surface area contributed by atoms with Crippen LogP contribution in [-0.2, 0) is 20.4 Å². The quantitative estimate of drug-likeness (QED) is 0.363. The van der Waals surface area contributed by atoms with Gasteiger partial charge in [0.25, 0.3) is 0 Å². The Bertz CT molecular complexity index is 556. The SMILES string of the molecule is COCCOC(=O)C(C#N)=Cc1ccc(C(F)(F)F)cc1. The van der Waals surface area contributed by atoms with Crippen molar-refractivity contribution in [3.63, 3.8) is 0 Å². The van der Waals surface area contributed by atoms with Crippen LogP contribution < -0.4 is 0 Å². The van der Waals surface area contributed by atoms with Crippen LogP contribution in [0.1, 0.15) is 11.1 Å². The number of ether oxygens (including phenoxy) is 2. The number of halogens is 3. The number of methoxy groups -OCH3 is 1. The maximum atomic E-state index is 12.4. The zero-order valence-corrected chi connectivity index (χ0v) is 11.1. The number of carbonyl (C=O) groups excluding carboxylic acids is 1. The molecule has 21 heavy (non-hydrogen) atoms. The highest BCUT2D eigenvalue weighted by Gasteiger charge is 2.29. The lowest BCUT2D eigenvalue weighted by atomic mass is 10.1. The number of rotatable bonds is 5. The molecule has 112 valence electrons. The average Bonchev–Trinajstić information content (AvgIpc) is 2.44. The van der Waals surface area contributed by atoms with Crippen LogP contribution in [0.4, 0.5) is 13.2 Å². The van der Waals surface area contributed by atoms with Crippen LogP contribution in [0, 0.1) is 11.3 Å². The maximum absolute atomic E-state index is 12.4. The fourth-order valence-corrected chi connectivity index (χ4v) is 1.37. The highest BCUT2D eigenvalue weighted by atomic mass is 19.4. The summed E-state index contributed by atoms with van der Waals surface area (Å²) in [4.78, 5) is 11.5. The fraction of sp³-hybridized carbons (Fsp3) is 0.286. The summed E-state index contributed by atoms with van der Waals surface area (Å²) in [7, 11) is 1.43. The number of esters is 1. The number of hydrogen-bond donors (Lipinski definition) is 0. The molecule has 1 aromatic carbocycles. The summed E-state index contributed by atoms with van der Waals surface area (Å²) in [6.07, 6.45) is -3.27. The van der Waals surface area contributed by atoms with Gasteiger partial charge in [-0.25, -0.2) is 4.79 Å². The van der Waals surface area contributed by atoms with E-state index in [1.165, 1.54) is 19.2 Å². The molecule has 0 aliphatic carbocycles. The van der Waals surface area contributed by atoms with Gasteiger partial charge >= 0.3 is 12.1 Å². The second-order valence-corrected chi connectivity index (χ2v) is 3.92. The predicted octanol–water partition coefficient (Wildman–Crippen LogP) is 2.80. The summed E-state index contributed by atoms with van der Waals surface area (Å²) in [5, 5.41) is 8.87. The number of carbonyl (C=O) groups is 1. The van der Waals surface area contributed by atoms with Gasteiger partial charge in [0.1, 0.15) is 18.2 Å². The van der Waals surface area contributed by atoms with E-state index in [4.69, 9.17) is 10.00 Å². The molecule has 0 N–H and O–H groups in total. The fourth-order valence-electron chi connectivity index (χ4n) is 1.37. The summed E-state index contributed by atoms with van der Waals surface area (Å²) < 4.78 is 46.6. The van der Waals surface area contributed by atoms with Crippen molar-refractivity contribution in [2.45, 2.75) is 6.18 Å². The molecule has 4 nitrogen and oxygen atoms in total. The Morgan fingerprint density at radius 1 is 1.29 bits per heavy atom. The van der Waals surface area contributed by atoms with Crippen LogP contribution in [0.15, 0.2) is 29.8 Å². The summed E-state index contributed by atoms with van der Waals surface area (Å²) in [6, 6.07) is 5.73. The first kappa shape index (κ1) is 16.7. The van der Waals surface area contributed by atoms with E-state index in [0.717, 1.165) is 18.2 Å². The van der Waals surface area contributed by atoms with Crippen molar-refractivity contribution in [3.8, 4) is 6.07 Å². The minimum absolute atomic E-state index is 0.0125. The number of benzene rings is 1. The van der Waals surface area contributed by atoms with Crippen LogP contribution in [0.25, 0.3) is 6.08 Å². The van der Waals surface area contributed by atoms with Crippen molar-refractivity contribution in [3.05, 3.63) is 41.0 Å². The lowest BCUT2D eigenvalue weighted by Crippen LogP contribution is -2.11. The van der Waals surface area contributed by atoms with E-state index in [-0.39, 0.29) is 18.8 Å². The molecule has 0 heterocycles. The molecule has 0 aliphatic rings. The predicted molar refractivity (Wildman–Crippen MR) is 67.9 cm³/mol. The zero-order valence-electron chi connectivity index (χ0n) is 11.1. The minimum Gasteiger partial charge on any atom is -0.459 e. The van der Waals surface area contributed by atoms with Gasteiger partial charge in [0.05, 0.1) is 12.2 Å². The third-order valence-electron chi connectivity index (χ3n) is 2.41. The van der Waals surface area contributed by atoms with Gasteiger partial charge < -0.3 is 9.47 Å². The molecule has 0 saturated carbocycles. The van der Waals surface area contributed by atoms with Gasteiger partial charge in [-0.1, -0.05) is 12.1 Å². The lowest BCUT2D eigenvalue weighted by molar-refractivity contribution is -0.140. The molecular weight excluding hydrogens is 287 g/mol. The van der Waals surface area contributed by atoms with Crippen LogP contribution in [0.2, 0.25) is 0 Å². The molecule has 0 unspecified atom stereocenters. The Hall–Kier alpha value is -2.33. The molecule has 1 aromatic rings. The molecule has 0 aromatic heterocycles. The third kappa shape index (κ3) is 5.28. The van der Waals surface area contributed by atoms with Crippen molar-refractivity contribution in [1.29, 1.82) is 5.26 Å². The maximum Gasteiger partial charge on any atom is 0.416 e. The van der Waals surface area contributed by atoms with Crippen molar-refractivity contribution in [2.75, 3.05) is 20.3 Å². The molecule has 0 bridgehead atoms. The Morgan fingerprint density at radius 3 is 2.38 bits per heavy atom. The van der Waals surface area contributed by atoms with Gasteiger partial charge in [-0.2, -0.15) is 18.4 Å². The Balaban J connectivity index is 2.84. The second kappa shape index (κ2) is 7.45. The molecule has 0 aliphatic heterocycles. The average molecular weight is 299 g/mol. The second-order valence-electron chi connectivity index (χ2n) is 3.92. The van der Waals surface area contributed by atoms with Crippen molar-refractivity contribution >= 4 is 12.0 Å². The van der Waals surface area contributed by atoms with E-state index in [0.29, 0.717) is 5.56 Å². The lowest BCUT2D eigenvalue weighted by Gasteiger charge is -2.06. The van der Waals surface area contributed by atoms with Crippen LogP contribution in [-0.4, -0.2) is 26.3 Å². The van der Waals surface area contributed by atoms with E-state index in [2.05, 4.69) is 4.74 Å². The third-order valence-corrected chi connectivity index (χ3v) is 2.41. The topological polar surface area (TPSA) is 59.3 Å². The van der Waals surface area contributed by atoms with Crippen molar-refractivity contribution in [2.24, 2.45) is 0 Å². The number of hydrogen-bond acceptors (Lipinski definition) is 4. The summed E-state index contributed by atoms with van der Waals surface area (Å²) in [5.74, 6) is -0.852. The highest BCUT2D eigenvalue weighted by Crippen LogP contribution is 2.29. The van der Waals surface area contributed by atoms with Crippen LogP contribution in [0.3, 0.4) is 0 Å². The largest absolute Gasteiger partial charge is 0.459 e. The molecule has 0 saturated heterocycles. The van der Waals surface area contributed by atoms with Gasteiger partial charge in [0.2, 0.25) is 0 Å². The summed E-state index contributed by atoms with van der Waals surface area (Å²) in [5.41, 5.74) is -0.810. The summed E-state index contributed by atoms with van der Waals surface area (Å²) >= 11 is 0.